The topological polar surface area (TPSA) is 66.5 Å². The molecule has 0 aliphatic carbocycles. The number of carbonyl (C=O) groups excluding carboxylic acids is 1. The fourth-order valence-corrected chi connectivity index (χ4v) is 5.30. The van der Waals surface area contributed by atoms with Crippen LogP contribution in [0.2, 0.25) is 10.0 Å². The second-order valence-electron chi connectivity index (χ2n) is 7.41. The van der Waals surface area contributed by atoms with E-state index in [0.717, 1.165) is 11.1 Å². The summed E-state index contributed by atoms with van der Waals surface area (Å²) in [7, 11) is -3.55. The zero-order valence-electron chi connectivity index (χ0n) is 16.2. The number of nitrogens with one attached hydrogen (secondary N) is 1. The molecule has 2 aromatic rings. The Bertz CT molecular complexity index is 978. The summed E-state index contributed by atoms with van der Waals surface area (Å²) in [6.07, 6.45) is 1.34. The number of amides is 1. The molecule has 1 aliphatic rings. The van der Waals surface area contributed by atoms with E-state index in [1.165, 1.54) is 4.31 Å². The molecule has 5 nitrogen and oxygen atoms in total. The molecule has 2 aromatic carbocycles. The summed E-state index contributed by atoms with van der Waals surface area (Å²) in [6, 6.07) is 12.8. The fourth-order valence-electron chi connectivity index (χ4n) is 3.38. The Morgan fingerprint density at radius 1 is 1.10 bits per heavy atom. The molecule has 0 spiro atoms. The average Bonchev–Trinajstić information content (AvgIpc) is 2.70. The maximum atomic E-state index is 12.8. The van der Waals surface area contributed by atoms with Gasteiger partial charge >= 0.3 is 0 Å². The van der Waals surface area contributed by atoms with Crippen LogP contribution in [-0.4, -0.2) is 31.7 Å². The molecule has 1 unspecified atom stereocenters. The Hall–Kier alpha value is -1.60. The third kappa shape index (κ3) is 5.95. The molecule has 1 saturated heterocycles. The van der Waals surface area contributed by atoms with Crippen molar-refractivity contribution < 1.29 is 13.2 Å². The smallest absolute Gasteiger partial charge is 0.224 e. The number of hydrogen-bond acceptors (Lipinski definition) is 3. The van der Waals surface area contributed by atoms with Crippen molar-refractivity contribution in [3.63, 3.8) is 0 Å². The summed E-state index contributed by atoms with van der Waals surface area (Å²) in [5.74, 6) is -0.625. The summed E-state index contributed by atoms with van der Waals surface area (Å²) in [4.78, 5) is 12.6. The normalized spacial score (nSPS) is 17.8. The summed E-state index contributed by atoms with van der Waals surface area (Å²) in [5, 5.41) is 3.64. The first-order valence-electron chi connectivity index (χ1n) is 9.49. The lowest BCUT2D eigenvalue weighted by Crippen LogP contribution is -2.45. The van der Waals surface area contributed by atoms with E-state index in [9.17, 15) is 13.2 Å². The quantitative estimate of drug-likeness (QED) is 0.712. The molecule has 1 heterocycles. The van der Waals surface area contributed by atoms with Crippen LogP contribution in [0.1, 0.15) is 29.5 Å². The number of rotatable bonds is 6. The van der Waals surface area contributed by atoms with Crippen LogP contribution in [0.25, 0.3) is 0 Å². The van der Waals surface area contributed by atoms with Crippen LogP contribution in [0.3, 0.4) is 0 Å². The van der Waals surface area contributed by atoms with E-state index in [0.29, 0.717) is 41.5 Å². The first-order chi connectivity index (χ1) is 13.7. The maximum Gasteiger partial charge on any atom is 0.224 e. The van der Waals surface area contributed by atoms with Gasteiger partial charge in [-0.25, -0.2) is 12.7 Å². The Morgan fingerprint density at radius 3 is 2.48 bits per heavy atom. The molecule has 8 heteroatoms. The Labute approximate surface area is 182 Å². The average molecular weight is 455 g/mol. The van der Waals surface area contributed by atoms with Gasteiger partial charge in [-0.05, 0) is 43.0 Å². The number of nitrogens with zero attached hydrogens (tertiary/aromatic N) is 1. The predicted molar refractivity (Wildman–Crippen MR) is 116 cm³/mol. The highest BCUT2D eigenvalue weighted by Crippen LogP contribution is 2.26. The van der Waals surface area contributed by atoms with Gasteiger partial charge in [-0.2, -0.15) is 0 Å². The van der Waals surface area contributed by atoms with Crippen LogP contribution in [0.5, 0.6) is 0 Å². The lowest BCUT2D eigenvalue weighted by Gasteiger charge is -2.31. The molecule has 0 saturated carbocycles. The Morgan fingerprint density at radius 2 is 1.79 bits per heavy atom. The van der Waals surface area contributed by atoms with Gasteiger partial charge in [-0.1, -0.05) is 59.1 Å². The first-order valence-corrected chi connectivity index (χ1v) is 11.9. The minimum atomic E-state index is -3.55. The highest BCUT2D eigenvalue weighted by molar-refractivity contribution is 7.88. The second-order valence-corrected chi connectivity index (χ2v) is 10.2. The van der Waals surface area contributed by atoms with E-state index in [1.54, 1.807) is 18.2 Å². The summed E-state index contributed by atoms with van der Waals surface area (Å²) < 4.78 is 27.1. The van der Waals surface area contributed by atoms with Crippen molar-refractivity contribution in [3.8, 4) is 0 Å². The van der Waals surface area contributed by atoms with Gasteiger partial charge in [0.2, 0.25) is 15.9 Å². The number of sulfonamides is 1. The lowest BCUT2D eigenvalue weighted by atomic mass is 9.98. The monoisotopic (exact) mass is 454 g/mol. The number of piperidine rings is 1. The molecular formula is C21H24Cl2N2O3S. The summed E-state index contributed by atoms with van der Waals surface area (Å²) in [5.41, 5.74) is 2.75. The van der Waals surface area contributed by atoms with E-state index in [1.807, 2.05) is 31.2 Å². The lowest BCUT2D eigenvalue weighted by molar-refractivity contribution is -0.126. The highest BCUT2D eigenvalue weighted by atomic mass is 35.5. The molecule has 1 fully saturated rings. The van der Waals surface area contributed by atoms with Gasteiger partial charge in [0.05, 0.1) is 21.7 Å². The molecule has 156 valence electrons. The van der Waals surface area contributed by atoms with E-state index >= 15 is 0 Å². The predicted octanol–water partition coefficient (Wildman–Crippen LogP) is 4.16. The van der Waals surface area contributed by atoms with Gasteiger partial charge in [0.25, 0.3) is 0 Å². The molecular weight excluding hydrogens is 431 g/mol. The largest absolute Gasteiger partial charge is 0.352 e. The van der Waals surface area contributed by atoms with Crippen molar-refractivity contribution >= 4 is 39.1 Å². The second kappa shape index (κ2) is 9.47. The third-order valence-electron chi connectivity index (χ3n) is 5.07. The fraction of sp³-hybridized carbons (Fsp3) is 0.381. The zero-order chi connectivity index (χ0) is 21.0. The van der Waals surface area contributed by atoms with Crippen LogP contribution < -0.4 is 5.32 Å². The third-order valence-corrected chi connectivity index (χ3v) is 7.62. The maximum absolute atomic E-state index is 12.8. The minimum absolute atomic E-state index is 0.111. The molecule has 0 bridgehead atoms. The molecule has 1 atom stereocenters. The van der Waals surface area contributed by atoms with Gasteiger partial charge in [0, 0.05) is 19.6 Å². The van der Waals surface area contributed by atoms with Gasteiger partial charge in [-0.3, -0.25) is 4.79 Å². The number of halogens is 2. The first kappa shape index (κ1) is 22.1. The zero-order valence-corrected chi connectivity index (χ0v) is 18.5. The Balaban J connectivity index is 1.60. The number of hydrogen-bond donors (Lipinski definition) is 1. The minimum Gasteiger partial charge on any atom is -0.352 e. The van der Waals surface area contributed by atoms with Crippen LogP contribution in [0, 0.1) is 12.8 Å². The van der Waals surface area contributed by atoms with Crippen LogP contribution in [0.4, 0.5) is 0 Å². The number of benzene rings is 2. The van der Waals surface area contributed by atoms with Crippen LogP contribution in [0.15, 0.2) is 42.5 Å². The molecule has 1 amide bonds. The van der Waals surface area contributed by atoms with E-state index in [4.69, 9.17) is 23.2 Å². The standard InChI is InChI=1S/C21H24Cl2N2O3S/c1-15-4-6-16(7-5-15)12-24-21(26)18-3-2-10-25(13-18)29(27,28)14-17-8-9-19(22)20(23)11-17/h4-9,11,18H,2-3,10,12-14H2,1H3,(H,24,26). The highest BCUT2D eigenvalue weighted by Gasteiger charge is 2.32. The van der Waals surface area contributed by atoms with Crippen LogP contribution >= 0.6 is 23.2 Å². The van der Waals surface area contributed by atoms with E-state index in [-0.39, 0.29) is 24.1 Å². The Kier molecular flexibility index (Phi) is 7.22. The van der Waals surface area contributed by atoms with Gasteiger partial charge < -0.3 is 5.32 Å². The SMILES string of the molecule is Cc1ccc(CNC(=O)C2CCCN(S(=O)(=O)Cc3ccc(Cl)c(Cl)c3)C2)cc1. The molecule has 0 aromatic heterocycles. The molecule has 3 rings (SSSR count). The molecule has 0 radical (unpaired) electrons. The van der Waals surface area contributed by atoms with Crippen molar-refractivity contribution in [1.29, 1.82) is 0 Å². The number of carbonyl (C=O) groups is 1. The van der Waals surface area contributed by atoms with Gasteiger partial charge in [0.15, 0.2) is 0 Å². The van der Waals surface area contributed by atoms with Crippen molar-refractivity contribution in [1.82, 2.24) is 9.62 Å². The number of aryl methyl sites for hydroxylation is 1. The summed E-state index contributed by atoms with van der Waals surface area (Å²) >= 11 is 11.9. The molecule has 29 heavy (non-hydrogen) atoms. The van der Waals surface area contributed by atoms with Crippen molar-refractivity contribution in [3.05, 3.63) is 69.2 Å². The van der Waals surface area contributed by atoms with E-state index in [2.05, 4.69) is 5.32 Å². The molecule has 1 aliphatic heterocycles. The summed E-state index contributed by atoms with van der Waals surface area (Å²) in [6.45, 7) is 3.07. The van der Waals surface area contributed by atoms with Gasteiger partial charge in [0.1, 0.15) is 0 Å². The van der Waals surface area contributed by atoms with E-state index < -0.39 is 10.0 Å². The molecule has 1 N–H and O–H groups in total. The van der Waals surface area contributed by atoms with Crippen LogP contribution in [-0.2, 0) is 27.1 Å². The van der Waals surface area contributed by atoms with Gasteiger partial charge in [-0.15, -0.1) is 0 Å². The van der Waals surface area contributed by atoms with Crippen molar-refractivity contribution in [2.24, 2.45) is 5.92 Å². The van der Waals surface area contributed by atoms with Crippen molar-refractivity contribution in [2.75, 3.05) is 13.1 Å². The van der Waals surface area contributed by atoms with Crippen molar-refractivity contribution in [2.45, 2.75) is 32.1 Å².